The Morgan fingerprint density at radius 1 is 1.29 bits per heavy atom. The first-order valence-electron chi connectivity index (χ1n) is 7.99. The van der Waals surface area contributed by atoms with E-state index in [2.05, 4.69) is 17.4 Å². The van der Waals surface area contributed by atoms with Crippen molar-refractivity contribution in [2.75, 3.05) is 25.6 Å². The van der Waals surface area contributed by atoms with Gasteiger partial charge in [-0.2, -0.15) is 0 Å². The lowest BCUT2D eigenvalue weighted by atomic mass is 9.82. The number of ether oxygens (including phenoxy) is 2. The number of anilines is 1. The Kier molecular flexibility index (Phi) is 3.65. The highest BCUT2D eigenvalue weighted by molar-refractivity contribution is 6.30. The molecule has 24 heavy (non-hydrogen) atoms. The molecule has 0 aromatic heterocycles. The maximum atomic E-state index is 11.7. The predicted molar refractivity (Wildman–Crippen MR) is 93.2 cm³/mol. The van der Waals surface area contributed by atoms with Gasteiger partial charge in [-0.15, -0.1) is 0 Å². The number of hydrogen-bond acceptors (Lipinski definition) is 4. The summed E-state index contributed by atoms with van der Waals surface area (Å²) in [5.74, 6) is 0.418. The zero-order valence-corrected chi connectivity index (χ0v) is 14.2. The van der Waals surface area contributed by atoms with E-state index in [9.17, 15) is 4.79 Å². The fourth-order valence-electron chi connectivity index (χ4n) is 3.70. The first-order valence-corrected chi connectivity index (χ1v) is 8.37. The Labute approximate surface area is 145 Å². The zero-order valence-electron chi connectivity index (χ0n) is 13.4. The molecule has 0 saturated heterocycles. The number of carbonyl (C=O) groups excluding carboxylic acids is 1. The van der Waals surface area contributed by atoms with Gasteiger partial charge in [0.1, 0.15) is 5.75 Å². The van der Waals surface area contributed by atoms with E-state index in [1.54, 1.807) is 12.1 Å². The second kappa shape index (κ2) is 5.71. The molecular formula is C19H18ClNO3. The number of methoxy groups -OCH3 is 1. The van der Waals surface area contributed by atoms with Gasteiger partial charge in [-0.05, 0) is 54.3 Å². The van der Waals surface area contributed by atoms with Gasteiger partial charge >= 0.3 is 5.97 Å². The molecule has 4 nitrogen and oxygen atoms in total. The van der Waals surface area contributed by atoms with E-state index in [4.69, 9.17) is 21.1 Å². The topological polar surface area (TPSA) is 47.6 Å². The summed E-state index contributed by atoms with van der Waals surface area (Å²) < 4.78 is 10.9. The van der Waals surface area contributed by atoms with Crippen molar-refractivity contribution in [3.63, 3.8) is 0 Å². The van der Waals surface area contributed by atoms with Crippen LogP contribution in [0.2, 0.25) is 5.02 Å². The lowest BCUT2D eigenvalue weighted by molar-refractivity contribution is 0.0601. The van der Waals surface area contributed by atoms with E-state index in [0.717, 1.165) is 35.8 Å². The van der Waals surface area contributed by atoms with Crippen molar-refractivity contribution in [1.82, 2.24) is 0 Å². The molecule has 0 saturated carbocycles. The Bertz CT molecular complexity index is 820. The number of halogens is 1. The van der Waals surface area contributed by atoms with Crippen LogP contribution in [0.25, 0.3) is 0 Å². The lowest BCUT2D eigenvalue weighted by Gasteiger charge is -2.28. The van der Waals surface area contributed by atoms with Crippen LogP contribution < -0.4 is 10.1 Å². The van der Waals surface area contributed by atoms with Crippen molar-refractivity contribution in [1.29, 1.82) is 0 Å². The van der Waals surface area contributed by atoms with Crippen LogP contribution >= 0.6 is 11.6 Å². The van der Waals surface area contributed by atoms with E-state index >= 15 is 0 Å². The molecule has 1 spiro atoms. The predicted octanol–water partition coefficient (Wildman–Crippen LogP) is 3.82. The van der Waals surface area contributed by atoms with Crippen LogP contribution in [0.3, 0.4) is 0 Å². The summed E-state index contributed by atoms with van der Waals surface area (Å²) in [5, 5.41) is 4.24. The Morgan fingerprint density at radius 3 is 3.00 bits per heavy atom. The van der Waals surface area contributed by atoms with Crippen LogP contribution in [0.4, 0.5) is 5.69 Å². The molecular weight excluding hydrogens is 326 g/mol. The first-order chi connectivity index (χ1) is 11.6. The van der Waals surface area contributed by atoms with Gasteiger partial charge < -0.3 is 14.8 Å². The molecule has 1 N–H and O–H groups in total. The molecule has 2 aliphatic rings. The average Bonchev–Trinajstić information content (AvgIpc) is 2.84. The molecule has 0 amide bonds. The molecule has 5 heteroatoms. The number of aryl methyl sites for hydroxylation is 1. The summed E-state index contributed by atoms with van der Waals surface area (Å²) in [7, 11) is 1.38. The van der Waals surface area contributed by atoms with Gasteiger partial charge in [0, 0.05) is 17.0 Å². The number of nitrogens with one attached hydrogen (secondary N) is 1. The highest BCUT2D eigenvalue weighted by atomic mass is 35.5. The third-order valence-corrected chi connectivity index (χ3v) is 5.27. The molecule has 1 atom stereocenters. The van der Waals surface area contributed by atoms with Crippen molar-refractivity contribution < 1.29 is 14.3 Å². The smallest absolute Gasteiger partial charge is 0.337 e. The first kappa shape index (κ1) is 15.3. The summed E-state index contributed by atoms with van der Waals surface area (Å²) in [5.41, 5.74) is 3.89. The molecule has 0 bridgehead atoms. The van der Waals surface area contributed by atoms with E-state index < -0.39 is 0 Å². The molecule has 2 aromatic carbocycles. The van der Waals surface area contributed by atoms with Crippen molar-refractivity contribution in [3.05, 3.63) is 58.1 Å². The molecule has 0 fully saturated rings. The zero-order chi connectivity index (χ0) is 16.7. The third kappa shape index (κ3) is 2.42. The Balaban J connectivity index is 1.66. The number of benzene rings is 2. The maximum Gasteiger partial charge on any atom is 0.337 e. The lowest BCUT2D eigenvalue weighted by Crippen LogP contribution is -2.36. The molecule has 1 aliphatic heterocycles. The molecule has 1 unspecified atom stereocenters. The third-order valence-electron chi connectivity index (χ3n) is 5.03. The molecule has 2 aromatic rings. The summed E-state index contributed by atoms with van der Waals surface area (Å²) in [4.78, 5) is 11.7. The standard InChI is InChI=1S/C19H18ClNO3/c1-23-18(22)13-2-5-17-16(9-13)21-10-19(11-24-17)7-6-12-8-14(20)3-4-15(12)19/h2-5,8-9,21H,6-7,10-11H2,1H3. The number of hydrogen-bond donors (Lipinski definition) is 1. The minimum atomic E-state index is -0.348. The molecule has 0 radical (unpaired) electrons. The van der Waals surface area contributed by atoms with Gasteiger partial charge in [0.05, 0.1) is 25.0 Å². The number of fused-ring (bicyclic) bond motifs is 3. The van der Waals surface area contributed by atoms with Gasteiger partial charge in [-0.25, -0.2) is 4.79 Å². The Hall–Kier alpha value is -2.20. The van der Waals surface area contributed by atoms with Gasteiger partial charge in [0.15, 0.2) is 0 Å². The van der Waals surface area contributed by atoms with E-state index in [0.29, 0.717) is 12.2 Å². The largest absolute Gasteiger partial charge is 0.490 e. The second-order valence-corrected chi connectivity index (χ2v) is 6.86. The number of esters is 1. The summed E-state index contributed by atoms with van der Waals surface area (Å²) in [6.45, 7) is 1.37. The van der Waals surface area contributed by atoms with Crippen LogP contribution in [0.15, 0.2) is 36.4 Å². The summed E-state index contributed by atoms with van der Waals surface area (Å²) in [6, 6.07) is 11.5. The Morgan fingerprint density at radius 2 is 2.17 bits per heavy atom. The van der Waals surface area contributed by atoms with Gasteiger partial charge in [-0.3, -0.25) is 0 Å². The minimum absolute atomic E-state index is 0.0651. The second-order valence-electron chi connectivity index (χ2n) is 6.43. The van der Waals surface area contributed by atoms with Crippen molar-refractivity contribution in [2.45, 2.75) is 18.3 Å². The van der Waals surface area contributed by atoms with Crippen molar-refractivity contribution in [3.8, 4) is 5.75 Å². The maximum absolute atomic E-state index is 11.7. The average molecular weight is 344 g/mol. The molecule has 4 rings (SSSR count). The molecule has 124 valence electrons. The fourth-order valence-corrected chi connectivity index (χ4v) is 3.89. The van der Waals surface area contributed by atoms with Gasteiger partial charge in [-0.1, -0.05) is 17.7 Å². The van der Waals surface area contributed by atoms with E-state index in [1.807, 2.05) is 12.1 Å². The van der Waals surface area contributed by atoms with Crippen LogP contribution in [0, 0.1) is 0 Å². The minimum Gasteiger partial charge on any atom is -0.490 e. The van der Waals surface area contributed by atoms with Gasteiger partial charge in [0.25, 0.3) is 0 Å². The van der Waals surface area contributed by atoms with E-state index in [-0.39, 0.29) is 11.4 Å². The number of rotatable bonds is 1. The monoisotopic (exact) mass is 343 g/mol. The molecule has 1 heterocycles. The quantitative estimate of drug-likeness (QED) is 0.800. The normalized spacial score (nSPS) is 21.2. The highest BCUT2D eigenvalue weighted by Gasteiger charge is 2.41. The number of carbonyl (C=O) groups is 1. The van der Waals surface area contributed by atoms with Crippen LogP contribution in [0.1, 0.15) is 27.9 Å². The van der Waals surface area contributed by atoms with Gasteiger partial charge in [0.2, 0.25) is 0 Å². The summed E-state index contributed by atoms with van der Waals surface area (Å²) >= 11 is 6.13. The SMILES string of the molecule is COC(=O)c1ccc2c(c1)NCC1(CCc3cc(Cl)ccc31)CO2. The summed E-state index contributed by atoms with van der Waals surface area (Å²) in [6.07, 6.45) is 2.03. The van der Waals surface area contributed by atoms with Crippen LogP contribution in [-0.2, 0) is 16.6 Å². The molecule has 1 aliphatic carbocycles. The highest BCUT2D eigenvalue weighted by Crippen LogP contribution is 2.43. The van der Waals surface area contributed by atoms with Crippen molar-refractivity contribution >= 4 is 23.3 Å². The van der Waals surface area contributed by atoms with Crippen LogP contribution in [-0.4, -0.2) is 26.2 Å². The fraction of sp³-hybridized carbons (Fsp3) is 0.316. The van der Waals surface area contributed by atoms with Crippen LogP contribution in [0.5, 0.6) is 5.75 Å². The van der Waals surface area contributed by atoms with Crippen molar-refractivity contribution in [2.24, 2.45) is 0 Å². The van der Waals surface area contributed by atoms with E-state index in [1.165, 1.54) is 18.2 Å².